The molecule has 21 heavy (non-hydrogen) atoms. The maximum absolute atomic E-state index is 13.2. The summed E-state index contributed by atoms with van der Waals surface area (Å²) in [5.41, 5.74) is 7.92. The molecule has 4 heteroatoms. The van der Waals surface area contributed by atoms with Crippen molar-refractivity contribution in [1.82, 2.24) is 9.78 Å². The van der Waals surface area contributed by atoms with Gasteiger partial charge in [0.05, 0.1) is 5.69 Å². The van der Waals surface area contributed by atoms with Crippen molar-refractivity contribution in [3.05, 3.63) is 53.6 Å². The molecule has 3 nitrogen and oxygen atoms in total. The largest absolute Gasteiger partial charge is 0.330 e. The molecule has 1 aromatic heterocycles. The number of aromatic nitrogens is 2. The second-order valence-electron chi connectivity index (χ2n) is 5.68. The monoisotopic (exact) mass is 289 g/mol. The van der Waals surface area contributed by atoms with Crippen LogP contribution in [0.25, 0.3) is 0 Å². The number of nitrogens with two attached hydrogens (primary N) is 1. The molecule has 0 aliphatic rings. The summed E-state index contributed by atoms with van der Waals surface area (Å²) in [6, 6.07) is 9.22. The highest BCUT2D eigenvalue weighted by atomic mass is 19.1. The van der Waals surface area contributed by atoms with Crippen LogP contribution in [0.2, 0.25) is 0 Å². The van der Waals surface area contributed by atoms with E-state index in [2.05, 4.69) is 25.0 Å². The summed E-state index contributed by atoms with van der Waals surface area (Å²) in [5, 5.41) is 4.61. The lowest BCUT2D eigenvalue weighted by atomic mass is 9.95. The average molecular weight is 289 g/mol. The third-order valence-corrected chi connectivity index (χ3v) is 3.95. The van der Waals surface area contributed by atoms with Crippen LogP contribution in [0.1, 0.15) is 37.6 Å². The van der Waals surface area contributed by atoms with Gasteiger partial charge in [0, 0.05) is 12.2 Å². The average Bonchev–Trinajstić information content (AvgIpc) is 2.94. The predicted octanol–water partition coefficient (Wildman–Crippen LogP) is 3.35. The normalized spacial score (nSPS) is 14.1. The van der Waals surface area contributed by atoms with Crippen LogP contribution < -0.4 is 5.73 Å². The van der Waals surface area contributed by atoms with Crippen molar-refractivity contribution >= 4 is 0 Å². The molecule has 0 aliphatic carbocycles. The third kappa shape index (κ3) is 4.39. The van der Waals surface area contributed by atoms with Crippen molar-refractivity contribution in [2.75, 3.05) is 6.54 Å². The van der Waals surface area contributed by atoms with E-state index in [1.165, 1.54) is 6.07 Å². The fourth-order valence-electron chi connectivity index (χ4n) is 2.45. The molecule has 0 radical (unpaired) electrons. The predicted molar refractivity (Wildman–Crippen MR) is 83.6 cm³/mol. The van der Waals surface area contributed by atoms with Crippen LogP contribution in [0.15, 0.2) is 36.5 Å². The van der Waals surface area contributed by atoms with Crippen LogP contribution >= 0.6 is 0 Å². The van der Waals surface area contributed by atoms with Crippen molar-refractivity contribution in [2.24, 2.45) is 11.7 Å². The summed E-state index contributed by atoms with van der Waals surface area (Å²) in [7, 11) is 0. The second-order valence-corrected chi connectivity index (χ2v) is 5.68. The van der Waals surface area contributed by atoms with Gasteiger partial charge in [-0.15, -0.1) is 0 Å². The molecule has 2 N–H and O–H groups in total. The topological polar surface area (TPSA) is 43.8 Å². The summed E-state index contributed by atoms with van der Waals surface area (Å²) in [5.74, 6) is 0.0939. The standard InChI is InChI=1S/C17H24FN3/c1-3-13(2)21-8-7-17(20-21)11-15(12-19)9-14-5-4-6-16(18)10-14/h4-8,10,13,15H,3,9,11-12,19H2,1-2H3. The Hall–Kier alpha value is -1.68. The maximum Gasteiger partial charge on any atom is 0.123 e. The summed E-state index contributed by atoms with van der Waals surface area (Å²) in [6.07, 6.45) is 4.70. The summed E-state index contributed by atoms with van der Waals surface area (Å²) < 4.78 is 15.2. The van der Waals surface area contributed by atoms with Gasteiger partial charge in [-0.1, -0.05) is 19.1 Å². The minimum absolute atomic E-state index is 0.190. The third-order valence-electron chi connectivity index (χ3n) is 3.95. The van der Waals surface area contributed by atoms with Gasteiger partial charge in [-0.25, -0.2) is 4.39 Å². The fraction of sp³-hybridized carbons (Fsp3) is 0.471. The van der Waals surface area contributed by atoms with E-state index >= 15 is 0 Å². The van der Waals surface area contributed by atoms with Crippen molar-refractivity contribution < 1.29 is 4.39 Å². The first kappa shape index (κ1) is 15.7. The molecule has 2 rings (SSSR count). The van der Waals surface area contributed by atoms with Gasteiger partial charge < -0.3 is 5.73 Å². The Labute approximate surface area is 126 Å². The highest BCUT2D eigenvalue weighted by Gasteiger charge is 2.12. The number of nitrogens with zero attached hydrogens (tertiary/aromatic N) is 2. The zero-order valence-corrected chi connectivity index (χ0v) is 12.8. The lowest BCUT2D eigenvalue weighted by Crippen LogP contribution is -2.20. The molecule has 2 unspecified atom stereocenters. The second kappa shape index (κ2) is 7.36. The summed E-state index contributed by atoms with van der Waals surface area (Å²) in [4.78, 5) is 0. The molecule has 2 aromatic rings. The van der Waals surface area contributed by atoms with Crippen molar-refractivity contribution in [1.29, 1.82) is 0 Å². The van der Waals surface area contributed by atoms with Gasteiger partial charge in [0.1, 0.15) is 5.82 Å². The smallest absolute Gasteiger partial charge is 0.123 e. The van der Waals surface area contributed by atoms with Gasteiger partial charge in [-0.05, 0) is 62.4 Å². The zero-order chi connectivity index (χ0) is 15.2. The Kier molecular flexibility index (Phi) is 5.51. The highest BCUT2D eigenvalue weighted by molar-refractivity contribution is 5.17. The van der Waals surface area contributed by atoms with E-state index in [1.807, 2.05) is 16.9 Å². The lowest BCUT2D eigenvalue weighted by molar-refractivity contribution is 0.463. The molecule has 0 bridgehead atoms. The fourth-order valence-corrected chi connectivity index (χ4v) is 2.45. The molecule has 0 spiro atoms. The van der Waals surface area contributed by atoms with Crippen LogP contribution in [0.5, 0.6) is 0 Å². The van der Waals surface area contributed by atoms with Gasteiger partial charge in [0.25, 0.3) is 0 Å². The first-order valence-electron chi connectivity index (χ1n) is 7.61. The minimum atomic E-state index is -0.190. The van der Waals surface area contributed by atoms with Gasteiger partial charge in [-0.3, -0.25) is 4.68 Å². The van der Waals surface area contributed by atoms with E-state index in [-0.39, 0.29) is 11.7 Å². The van der Waals surface area contributed by atoms with E-state index in [9.17, 15) is 4.39 Å². The highest BCUT2D eigenvalue weighted by Crippen LogP contribution is 2.16. The molecule has 0 aliphatic heterocycles. The Morgan fingerprint density at radius 3 is 2.76 bits per heavy atom. The van der Waals surface area contributed by atoms with Crippen molar-refractivity contribution in [3.63, 3.8) is 0 Å². The van der Waals surface area contributed by atoms with E-state index in [1.54, 1.807) is 12.1 Å². The number of benzene rings is 1. The van der Waals surface area contributed by atoms with Crippen molar-refractivity contribution in [3.8, 4) is 0 Å². The molecule has 114 valence electrons. The summed E-state index contributed by atoms with van der Waals surface area (Å²) in [6.45, 7) is 4.88. The first-order chi connectivity index (χ1) is 10.1. The van der Waals surface area contributed by atoms with Gasteiger partial charge in [0.15, 0.2) is 0 Å². The zero-order valence-electron chi connectivity index (χ0n) is 12.8. The SMILES string of the molecule is CCC(C)n1ccc(CC(CN)Cc2cccc(F)c2)n1. The first-order valence-corrected chi connectivity index (χ1v) is 7.61. The Balaban J connectivity index is 2.00. The molecule has 0 saturated carbocycles. The van der Waals surface area contributed by atoms with Gasteiger partial charge >= 0.3 is 0 Å². The Morgan fingerprint density at radius 1 is 1.29 bits per heavy atom. The Morgan fingerprint density at radius 2 is 2.10 bits per heavy atom. The minimum Gasteiger partial charge on any atom is -0.330 e. The molecular formula is C17H24FN3. The van der Waals surface area contributed by atoms with E-state index in [0.29, 0.717) is 12.6 Å². The molecule has 2 atom stereocenters. The van der Waals surface area contributed by atoms with E-state index in [0.717, 1.165) is 30.5 Å². The number of hydrogen-bond donors (Lipinski definition) is 1. The van der Waals surface area contributed by atoms with Crippen LogP contribution in [0.3, 0.4) is 0 Å². The van der Waals surface area contributed by atoms with Crippen molar-refractivity contribution in [2.45, 2.75) is 39.2 Å². The molecule has 1 heterocycles. The van der Waals surface area contributed by atoms with E-state index < -0.39 is 0 Å². The van der Waals surface area contributed by atoms with E-state index in [4.69, 9.17) is 5.73 Å². The van der Waals surface area contributed by atoms with Crippen LogP contribution in [-0.2, 0) is 12.8 Å². The van der Waals surface area contributed by atoms with Gasteiger partial charge in [0.2, 0.25) is 0 Å². The quantitative estimate of drug-likeness (QED) is 0.849. The summed E-state index contributed by atoms with van der Waals surface area (Å²) >= 11 is 0. The number of halogens is 1. The molecule has 1 aromatic carbocycles. The number of rotatable bonds is 7. The number of hydrogen-bond acceptors (Lipinski definition) is 2. The van der Waals surface area contributed by atoms with Crippen LogP contribution in [0.4, 0.5) is 4.39 Å². The molecular weight excluding hydrogens is 265 g/mol. The Bertz CT molecular complexity index is 565. The van der Waals surface area contributed by atoms with Crippen LogP contribution in [0, 0.1) is 11.7 Å². The maximum atomic E-state index is 13.2. The molecule has 0 amide bonds. The van der Waals surface area contributed by atoms with Gasteiger partial charge in [-0.2, -0.15) is 5.10 Å². The lowest BCUT2D eigenvalue weighted by Gasteiger charge is -2.14. The van der Waals surface area contributed by atoms with Crippen LogP contribution in [-0.4, -0.2) is 16.3 Å². The molecule has 0 saturated heterocycles. The molecule has 0 fully saturated rings.